The molecule has 50 valence electrons. The molecule has 0 unspecified atom stereocenters. The van der Waals surface area contributed by atoms with E-state index in [2.05, 4.69) is 4.98 Å². The van der Waals surface area contributed by atoms with Crippen molar-refractivity contribution in [3.8, 4) is 0 Å². The summed E-state index contributed by atoms with van der Waals surface area (Å²) >= 11 is 1.62. The van der Waals surface area contributed by atoms with E-state index in [1.807, 2.05) is 13.8 Å². The van der Waals surface area contributed by atoms with Crippen molar-refractivity contribution in [2.75, 3.05) is 0 Å². The Morgan fingerprint density at radius 1 is 1.56 bits per heavy atom. The molecule has 0 radical (unpaired) electrons. The molecule has 0 saturated heterocycles. The van der Waals surface area contributed by atoms with Gasteiger partial charge < -0.3 is 5.11 Å². The van der Waals surface area contributed by atoms with Crippen LogP contribution in [0.25, 0.3) is 0 Å². The zero-order valence-corrected chi connectivity index (χ0v) is 6.33. The molecule has 1 heterocycles. The number of rotatable bonds is 1. The maximum absolute atomic E-state index is 8.68. The number of aliphatic hydroxyl groups excluding tert-OH is 1. The van der Waals surface area contributed by atoms with Crippen LogP contribution in [0.1, 0.15) is 15.6 Å². The van der Waals surface area contributed by atoms with Crippen LogP contribution in [0.15, 0.2) is 0 Å². The van der Waals surface area contributed by atoms with Gasteiger partial charge in [0.25, 0.3) is 0 Å². The number of aryl methyl sites for hydroxylation is 2. The van der Waals surface area contributed by atoms with Gasteiger partial charge in [-0.2, -0.15) is 0 Å². The van der Waals surface area contributed by atoms with Gasteiger partial charge in [-0.05, 0) is 13.8 Å². The number of hydrogen-bond acceptors (Lipinski definition) is 3. The van der Waals surface area contributed by atoms with Crippen LogP contribution < -0.4 is 0 Å². The second-order valence-corrected chi connectivity index (χ2v) is 3.30. The highest BCUT2D eigenvalue weighted by molar-refractivity contribution is 7.11. The third kappa shape index (κ3) is 1.28. The Hall–Kier alpha value is -0.410. The Balaban J connectivity index is 3.01. The molecule has 0 fully saturated rings. The fourth-order valence-electron chi connectivity index (χ4n) is 0.719. The smallest absolute Gasteiger partial charge is 0.0901 e. The largest absolute Gasteiger partial charge is 0.390 e. The summed E-state index contributed by atoms with van der Waals surface area (Å²) < 4.78 is 0. The SMILES string of the molecule is Cc1nc(CO)c(C)s1. The van der Waals surface area contributed by atoms with Crippen molar-refractivity contribution in [3.63, 3.8) is 0 Å². The van der Waals surface area contributed by atoms with E-state index >= 15 is 0 Å². The maximum atomic E-state index is 8.68. The standard InChI is InChI=1S/C6H9NOS/c1-4-6(3-8)7-5(2)9-4/h8H,3H2,1-2H3. The molecule has 2 nitrogen and oxygen atoms in total. The highest BCUT2D eigenvalue weighted by atomic mass is 32.1. The van der Waals surface area contributed by atoms with Crippen molar-refractivity contribution in [2.24, 2.45) is 0 Å². The Morgan fingerprint density at radius 2 is 2.22 bits per heavy atom. The molecule has 0 bridgehead atoms. The second-order valence-electron chi connectivity index (χ2n) is 1.89. The summed E-state index contributed by atoms with van der Waals surface area (Å²) in [6.07, 6.45) is 0. The summed E-state index contributed by atoms with van der Waals surface area (Å²) in [7, 11) is 0. The molecule has 0 spiro atoms. The molecule has 3 heteroatoms. The number of aliphatic hydroxyl groups is 1. The van der Waals surface area contributed by atoms with E-state index in [1.165, 1.54) is 0 Å². The average molecular weight is 143 g/mol. The van der Waals surface area contributed by atoms with Gasteiger partial charge in [-0.15, -0.1) is 11.3 Å². The molecular formula is C6H9NOS. The lowest BCUT2D eigenvalue weighted by molar-refractivity contribution is 0.277. The molecule has 0 aliphatic carbocycles. The van der Waals surface area contributed by atoms with Crippen LogP contribution in [0.3, 0.4) is 0 Å². The highest BCUT2D eigenvalue weighted by Gasteiger charge is 2.00. The van der Waals surface area contributed by atoms with Crippen LogP contribution in [0.2, 0.25) is 0 Å². The van der Waals surface area contributed by atoms with E-state index in [9.17, 15) is 0 Å². The van der Waals surface area contributed by atoms with Crippen LogP contribution in [0.5, 0.6) is 0 Å². The fraction of sp³-hybridized carbons (Fsp3) is 0.500. The quantitative estimate of drug-likeness (QED) is 0.642. The van der Waals surface area contributed by atoms with Gasteiger partial charge in [0, 0.05) is 4.88 Å². The van der Waals surface area contributed by atoms with Gasteiger partial charge in [0.1, 0.15) is 0 Å². The first-order valence-corrected chi connectivity index (χ1v) is 3.59. The molecule has 0 atom stereocenters. The van der Waals surface area contributed by atoms with Gasteiger partial charge in [-0.25, -0.2) is 4.98 Å². The number of thiazole rings is 1. The lowest BCUT2D eigenvalue weighted by Crippen LogP contribution is -1.84. The van der Waals surface area contributed by atoms with E-state index < -0.39 is 0 Å². The summed E-state index contributed by atoms with van der Waals surface area (Å²) in [6, 6.07) is 0. The van der Waals surface area contributed by atoms with Crippen molar-refractivity contribution in [2.45, 2.75) is 20.5 Å². The summed E-state index contributed by atoms with van der Waals surface area (Å²) in [5, 5.41) is 9.70. The molecule has 0 aliphatic rings. The van der Waals surface area contributed by atoms with Gasteiger partial charge in [0.2, 0.25) is 0 Å². The van der Waals surface area contributed by atoms with E-state index in [4.69, 9.17) is 5.11 Å². The van der Waals surface area contributed by atoms with Crippen LogP contribution in [0, 0.1) is 13.8 Å². The Morgan fingerprint density at radius 3 is 2.44 bits per heavy atom. The van der Waals surface area contributed by atoms with Crippen LogP contribution in [-0.4, -0.2) is 10.1 Å². The zero-order chi connectivity index (χ0) is 6.85. The molecule has 0 aliphatic heterocycles. The van der Waals surface area contributed by atoms with E-state index in [0.717, 1.165) is 15.6 Å². The van der Waals surface area contributed by atoms with Crippen molar-refractivity contribution in [1.29, 1.82) is 0 Å². The number of aromatic nitrogens is 1. The molecule has 1 N–H and O–H groups in total. The van der Waals surface area contributed by atoms with Crippen LogP contribution >= 0.6 is 11.3 Å². The highest BCUT2D eigenvalue weighted by Crippen LogP contribution is 2.15. The molecule has 0 aromatic carbocycles. The normalized spacial score (nSPS) is 10.1. The van der Waals surface area contributed by atoms with Gasteiger partial charge in [0.05, 0.1) is 17.3 Å². The molecule has 1 rings (SSSR count). The topological polar surface area (TPSA) is 33.1 Å². The van der Waals surface area contributed by atoms with E-state index in [-0.39, 0.29) is 6.61 Å². The number of nitrogens with zero attached hydrogens (tertiary/aromatic N) is 1. The summed E-state index contributed by atoms with van der Waals surface area (Å²) in [6.45, 7) is 3.98. The van der Waals surface area contributed by atoms with Crippen molar-refractivity contribution in [3.05, 3.63) is 15.6 Å². The van der Waals surface area contributed by atoms with E-state index in [0.29, 0.717) is 0 Å². The number of hydrogen-bond donors (Lipinski definition) is 1. The second kappa shape index (κ2) is 2.45. The molecule has 0 amide bonds. The van der Waals surface area contributed by atoms with Crippen LogP contribution in [-0.2, 0) is 6.61 Å². The van der Waals surface area contributed by atoms with Gasteiger partial charge in [-0.1, -0.05) is 0 Å². The minimum Gasteiger partial charge on any atom is -0.390 e. The molecule has 1 aromatic heterocycles. The van der Waals surface area contributed by atoms with E-state index in [1.54, 1.807) is 11.3 Å². The lowest BCUT2D eigenvalue weighted by atomic mass is 10.4. The third-order valence-electron chi connectivity index (χ3n) is 1.15. The van der Waals surface area contributed by atoms with Crippen molar-refractivity contribution >= 4 is 11.3 Å². The molecule has 9 heavy (non-hydrogen) atoms. The average Bonchev–Trinajstić information content (AvgIpc) is 2.10. The first-order chi connectivity index (χ1) is 4.24. The monoisotopic (exact) mass is 143 g/mol. The Bertz CT molecular complexity index is 207. The summed E-state index contributed by atoms with van der Waals surface area (Å²) in [5.74, 6) is 0. The van der Waals surface area contributed by atoms with Gasteiger partial charge in [-0.3, -0.25) is 0 Å². The molecule has 0 saturated carbocycles. The van der Waals surface area contributed by atoms with Crippen molar-refractivity contribution < 1.29 is 5.11 Å². The summed E-state index contributed by atoms with van der Waals surface area (Å²) in [5.41, 5.74) is 0.817. The zero-order valence-electron chi connectivity index (χ0n) is 5.51. The lowest BCUT2D eigenvalue weighted by Gasteiger charge is -1.85. The fourth-order valence-corrected chi connectivity index (χ4v) is 1.55. The van der Waals surface area contributed by atoms with Crippen molar-refractivity contribution in [1.82, 2.24) is 4.98 Å². The summed E-state index contributed by atoms with van der Waals surface area (Å²) in [4.78, 5) is 5.22. The van der Waals surface area contributed by atoms with Crippen LogP contribution in [0.4, 0.5) is 0 Å². The Kier molecular flexibility index (Phi) is 1.83. The predicted molar refractivity (Wildman–Crippen MR) is 37.5 cm³/mol. The Labute approximate surface area is 58.2 Å². The van der Waals surface area contributed by atoms with Gasteiger partial charge >= 0.3 is 0 Å². The third-order valence-corrected chi connectivity index (χ3v) is 2.08. The first-order valence-electron chi connectivity index (χ1n) is 2.78. The molecular weight excluding hydrogens is 134 g/mol. The minimum atomic E-state index is 0.0656. The molecule has 1 aromatic rings. The maximum Gasteiger partial charge on any atom is 0.0901 e. The predicted octanol–water partition coefficient (Wildman–Crippen LogP) is 1.25. The van der Waals surface area contributed by atoms with Gasteiger partial charge in [0.15, 0.2) is 0 Å². The minimum absolute atomic E-state index is 0.0656. The first kappa shape index (κ1) is 6.71.